The number of hydrogen-bond acceptors (Lipinski definition) is 2. The van der Waals surface area contributed by atoms with Gasteiger partial charge >= 0.3 is 0 Å². The van der Waals surface area contributed by atoms with Gasteiger partial charge in [-0.1, -0.05) is 33.3 Å². The van der Waals surface area contributed by atoms with Gasteiger partial charge in [-0.3, -0.25) is 0 Å². The van der Waals surface area contributed by atoms with Gasteiger partial charge in [0.25, 0.3) is 0 Å². The fraction of sp³-hybridized carbons (Fsp3) is 0.333. The molecule has 0 aliphatic heterocycles. The first-order valence-electron chi connectivity index (χ1n) is 4.20. The van der Waals surface area contributed by atoms with E-state index in [9.17, 15) is 0 Å². The van der Waals surface area contributed by atoms with Crippen LogP contribution in [0.4, 0.5) is 0 Å². The smallest absolute Gasteiger partial charge is 0.0765 e. The molecule has 1 aliphatic rings. The summed E-state index contributed by atoms with van der Waals surface area (Å²) in [6.07, 6.45) is 8.85. The van der Waals surface area contributed by atoms with Crippen molar-refractivity contribution in [2.45, 2.75) is 19.4 Å². The zero-order valence-electron chi connectivity index (χ0n) is 7.31. The molecule has 0 fully saturated rings. The van der Waals surface area contributed by atoms with Gasteiger partial charge in [-0.15, -0.1) is 5.10 Å². The molecular weight excluding hydrogens is 230 g/mol. The molecule has 0 unspecified atom stereocenters. The van der Waals surface area contributed by atoms with Gasteiger partial charge in [0.05, 0.1) is 12.2 Å². The van der Waals surface area contributed by atoms with Crippen molar-refractivity contribution >= 4 is 15.9 Å². The number of hydrogen-bond donors (Lipinski definition) is 0. The van der Waals surface area contributed by atoms with E-state index in [2.05, 4.69) is 45.3 Å². The maximum Gasteiger partial charge on any atom is 0.0765 e. The SMILES string of the molecule is C[C@@H](C1=C(Br)CC=C1)n1ccnn1. The first kappa shape index (κ1) is 8.69. The highest BCUT2D eigenvalue weighted by molar-refractivity contribution is 9.11. The van der Waals surface area contributed by atoms with Crippen LogP contribution in [0.5, 0.6) is 0 Å². The Morgan fingerprint density at radius 2 is 2.46 bits per heavy atom. The number of aromatic nitrogens is 3. The van der Waals surface area contributed by atoms with Crippen molar-refractivity contribution in [2.24, 2.45) is 0 Å². The Hall–Kier alpha value is -0.900. The summed E-state index contributed by atoms with van der Waals surface area (Å²) in [5.74, 6) is 0. The first-order chi connectivity index (χ1) is 6.29. The molecule has 1 aromatic heterocycles. The van der Waals surface area contributed by atoms with E-state index in [1.807, 2.05) is 10.9 Å². The lowest BCUT2D eigenvalue weighted by atomic mass is 10.1. The van der Waals surface area contributed by atoms with Crippen molar-refractivity contribution in [2.75, 3.05) is 0 Å². The first-order valence-corrected chi connectivity index (χ1v) is 4.99. The normalized spacial score (nSPS) is 18.3. The Bertz CT molecular complexity index is 351. The number of allylic oxidation sites excluding steroid dienone is 4. The topological polar surface area (TPSA) is 30.7 Å². The van der Waals surface area contributed by atoms with Crippen LogP contribution in [0.25, 0.3) is 0 Å². The minimum absolute atomic E-state index is 0.260. The Kier molecular flexibility index (Phi) is 2.31. The molecule has 1 heterocycles. The van der Waals surface area contributed by atoms with E-state index in [0.29, 0.717) is 0 Å². The molecular formula is C9H10BrN3. The van der Waals surface area contributed by atoms with E-state index in [1.165, 1.54) is 10.1 Å². The van der Waals surface area contributed by atoms with Crippen LogP contribution in [0.1, 0.15) is 19.4 Å². The Morgan fingerprint density at radius 1 is 1.62 bits per heavy atom. The summed E-state index contributed by atoms with van der Waals surface area (Å²) in [5, 5.41) is 7.76. The summed E-state index contributed by atoms with van der Waals surface area (Å²) in [5.41, 5.74) is 1.28. The average molecular weight is 240 g/mol. The fourth-order valence-corrected chi connectivity index (χ4v) is 2.08. The van der Waals surface area contributed by atoms with E-state index < -0.39 is 0 Å². The molecule has 1 aliphatic carbocycles. The molecule has 1 aromatic rings. The molecule has 0 saturated heterocycles. The van der Waals surface area contributed by atoms with Crippen molar-refractivity contribution < 1.29 is 0 Å². The molecule has 0 N–H and O–H groups in total. The summed E-state index contributed by atoms with van der Waals surface area (Å²) in [6, 6.07) is 0.260. The summed E-state index contributed by atoms with van der Waals surface area (Å²) < 4.78 is 3.10. The zero-order valence-corrected chi connectivity index (χ0v) is 8.90. The van der Waals surface area contributed by atoms with Crippen LogP contribution in [0.3, 0.4) is 0 Å². The van der Waals surface area contributed by atoms with Gasteiger partial charge in [0, 0.05) is 10.7 Å². The second-order valence-corrected chi connectivity index (χ2v) is 3.98. The molecule has 0 radical (unpaired) electrons. The average Bonchev–Trinajstić information content (AvgIpc) is 2.72. The maximum atomic E-state index is 3.97. The van der Waals surface area contributed by atoms with Gasteiger partial charge in [0.2, 0.25) is 0 Å². The molecule has 68 valence electrons. The molecule has 2 rings (SSSR count). The highest BCUT2D eigenvalue weighted by atomic mass is 79.9. The molecule has 0 amide bonds. The fourth-order valence-electron chi connectivity index (χ4n) is 1.43. The third kappa shape index (κ3) is 1.58. The van der Waals surface area contributed by atoms with Crippen molar-refractivity contribution in [3.05, 3.63) is 34.6 Å². The van der Waals surface area contributed by atoms with Crippen LogP contribution >= 0.6 is 15.9 Å². The molecule has 0 saturated carbocycles. The lowest BCUT2D eigenvalue weighted by molar-refractivity contribution is 0.542. The molecule has 13 heavy (non-hydrogen) atoms. The second-order valence-electron chi connectivity index (χ2n) is 3.03. The highest BCUT2D eigenvalue weighted by Gasteiger charge is 2.15. The van der Waals surface area contributed by atoms with Gasteiger partial charge in [0.1, 0.15) is 0 Å². The van der Waals surface area contributed by atoms with Crippen LogP contribution in [0.2, 0.25) is 0 Å². The molecule has 1 atom stereocenters. The largest absolute Gasteiger partial charge is 0.245 e. The van der Waals surface area contributed by atoms with Gasteiger partial charge < -0.3 is 0 Å². The van der Waals surface area contributed by atoms with E-state index in [-0.39, 0.29) is 6.04 Å². The Labute approximate surface area is 85.3 Å². The monoisotopic (exact) mass is 239 g/mol. The number of halogens is 1. The summed E-state index contributed by atoms with van der Waals surface area (Å²) in [6.45, 7) is 2.11. The predicted molar refractivity (Wildman–Crippen MR) is 54.4 cm³/mol. The number of rotatable bonds is 2. The molecule has 3 nitrogen and oxygen atoms in total. The van der Waals surface area contributed by atoms with Crippen LogP contribution in [-0.4, -0.2) is 15.0 Å². The van der Waals surface area contributed by atoms with Crippen LogP contribution in [0.15, 0.2) is 34.6 Å². The summed E-state index contributed by atoms with van der Waals surface area (Å²) >= 11 is 3.55. The lowest BCUT2D eigenvalue weighted by Gasteiger charge is -2.11. The maximum absolute atomic E-state index is 3.97. The van der Waals surface area contributed by atoms with Gasteiger partial charge in [-0.2, -0.15) is 0 Å². The van der Waals surface area contributed by atoms with E-state index >= 15 is 0 Å². The van der Waals surface area contributed by atoms with Crippen LogP contribution in [-0.2, 0) is 0 Å². The van der Waals surface area contributed by atoms with E-state index in [0.717, 1.165) is 6.42 Å². The lowest BCUT2D eigenvalue weighted by Crippen LogP contribution is -2.07. The van der Waals surface area contributed by atoms with Crippen LogP contribution < -0.4 is 0 Å². The van der Waals surface area contributed by atoms with E-state index in [1.54, 1.807) is 6.20 Å². The summed E-state index contributed by atoms with van der Waals surface area (Å²) in [7, 11) is 0. The van der Waals surface area contributed by atoms with Gasteiger partial charge in [0.15, 0.2) is 0 Å². The van der Waals surface area contributed by atoms with Crippen molar-refractivity contribution in [3.8, 4) is 0 Å². The minimum Gasteiger partial charge on any atom is -0.245 e. The van der Waals surface area contributed by atoms with Gasteiger partial charge in [-0.05, 0) is 18.9 Å². The minimum atomic E-state index is 0.260. The third-order valence-corrected chi connectivity index (χ3v) is 2.98. The standard InChI is InChI=1S/C9H10BrN3/c1-7(13-6-5-11-12-13)8-3-2-4-9(8)10/h2-3,5-7H,4H2,1H3/t7-/m0/s1. The number of nitrogens with zero attached hydrogens (tertiary/aromatic N) is 3. The second kappa shape index (κ2) is 3.46. The molecule has 0 bridgehead atoms. The van der Waals surface area contributed by atoms with Crippen molar-refractivity contribution in [1.29, 1.82) is 0 Å². The Balaban J connectivity index is 2.27. The third-order valence-electron chi connectivity index (χ3n) is 2.20. The highest BCUT2D eigenvalue weighted by Crippen LogP contribution is 2.31. The van der Waals surface area contributed by atoms with Crippen molar-refractivity contribution in [1.82, 2.24) is 15.0 Å². The Morgan fingerprint density at radius 3 is 3.00 bits per heavy atom. The van der Waals surface area contributed by atoms with Gasteiger partial charge in [-0.25, -0.2) is 4.68 Å². The van der Waals surface area contributed by atoms with Crippen molar-refractivity contribution in [3.63, 3.8) is 0 Å². The molecule has 4 heteroatoms. The molecule has 0 aromatic carbocycles. The quantitative estimate of drug-likeness (QED) is 0.794. The predicted octanol–water partition coefficient (Wildman–Crippen LogP) is 2.45. The summed E-state index contributed by atoms with van der Waals surface area (Å²) in [4.78, 5) is 0. The van der Waals surface area contributed by atoms with Crippen LogP contribution in [0, 0.1) is 0 Å². The van der Waals surface area contributed by atoms with E-state index in [4.69, 9.17) is 0 Å². The zero-order chi connectivity index (χ0) is 9.26. The molecule has 0 spiro atoms.